The van der Waals surface area contributed by atoms with Crippen LogP contribution < -0.4 is 16.4 Å². The van der Waals surface area contributed by atoms with Gasteiger partial charge in [-0.3, -0.25) is 9.20 Å². The zero-order valence-corrected chi connectivity index (χ0v) is 17.3. The van der Waals surface area contributed by atoms with Crippen molar-refractivity contribution in [3.8, 4) is 11.5 Å². The predicted octanol–water partition coefficient (Wildman–Crippen LogP) is 3.23. The molecule has 0 spiro atoms. The van der Waals surface area contributed by atoms with E-state index in [1.165, 1.54) is 4.88 Å². The van der Waals surface area contributed by atoms with Crippen LogP contribution in [0.4, 0.5) is 11.5 Å². The maximum atomic E-state index is 11.8. The van der Waals surface area contributed by atoms with Crippen LogP contribution in [0.15, 0.2) is 35.8 Å². The second kappa shape index (κ2) is 7.42. The smallest absolute Gasteiger partial charge is 0.252 e. The maximum Gasteiger partial charge on any atom is 0.252 e. The number of carbonyl (C=O) groups is 1. The molecule has 0 fully saturated rings. The highest BCUT2D eigenvalue weighted by Crippen LogP contribution is 2.32. The van der Waals surface area contributed by atoms with Crippen molar-refractivity contribution in [3.05, 3.63) is 57.7 Å². The van der Waals surface area contributed by atoms with Gasteiger partial charge in [-0.05, 0) is 43.3 Å². The minimum absolute atomic E-state index is 0.377. The number of primary amides is 1. The third kappa shape index (κ3) is 3.17. The fraction of sp³-hybridized carbons (Fsp3) is 0.238. The molecule has 30 heavy (non-hydrogen) atoms. The number of aryl methyl sites for hydroxylation is 2. The molecule has 1 aliphatic rings. The minimum atomic E-state index is -0.508. The lowest BCUT2D eigenvalue weighted by Gasteiger charge is -2.21. The Labute approximate surface area is 177 Å². The summed E-state index contributed by atoms with van der Waals surface area (Å²) >= 11 is 1.71. The molecule has 5 heterocycles. The molecule has 4 aromatic heterocycles. The van der Waals surface area contributed by atoms with Gasteiger partial charge in [0.2, 0.25) is 0 Å². The Morgan fingerprint density at radius 1 is 1.30 bits per heavy atom. The van der Waals surface area contributed by atoms with Gasteiger partial charge in [-0.2, -0.15) is 0 Å². The Morgan fingerprint density at radius 3 is 3.00 bits per heavy atom. The minimum Gasteiger partial charge on any atom is -0.381 e. The van der Waals surface area contributed by atoms with Crippen LogP contribution in [-0.4, -0.2) is 31.8 Å². The second-order valence-electron chi connectivity index (χ2n) is 7.21. The van der Waals surface area contributed by atoms with Crippen molar-refractivity contribution in [3.63, 3.8) is 0 Å². The monoisotopic (exact) mass is 419 g/mol. The zero-order chi connectivity index (χ0) is 20.7. The van der Waals surface area contributed by atoms with Crippen LogP contribution in [0.1, 0.15) is 33.0 Å². The highest BCUT2D eigenvalue weighted by Gasteiger charge is 2.22. The molecule has 0 bridgehead atoms. The number of thiophene rings is 1. The molecule has 0 saturated heterocycles. The van der Waals surface area contributed by atoms with Crippen molar-refractivity contribution in [1.82, 2.24) is 19.4 Å². The largest absolute Gasteiger partial charge is 0.381 e. The van der Waals surface area contributed by atoms with Gasteiger partial charge < -0.3 is 16.4 Å². The second-order valence-corrected chi connectivity index (χ2v) is 8.24. The van der Waals surface area contributed by atoms with Crippen LogP contribution in [0.2, 0.25) is 0 Å². The van der Waals surface area contributed by atoms with E-state index in [1.807, 2.05) is 23.6 Å². The number of hydrogen-bond donors (Lipinski definition) is 3. The summed E-state index contributed by atoms with van der Waals surface area (Å²) in [7, 11) is 0. The Bertz CT molecular complexity index is 1250. The average Bonchev–Trinajstić information content (AvgIpc) is 3.38. The molecule has 0 aromatic carbocycles. The van der Waals surface area contributed by atoms with Gasteiger partial charge in [-0.1, -0.05) is 6.07 Å². The summed E-state index contributed by atoms with van der Waals surface area (Å²) in [5, 5.41) is 8.97. The van der Waals surface area contributed by atoms with E-state index in [9.17, 15) is 4.79 Å². The van der Waals surface area contributed by atoms with Crippen LogP contribution >= 0.6 is 11.3 Å². The van der Waals surface area contributed by atoms with Crippen LogP contribution in [0.5, 0.6) is 0 Å². The number of nitrogens with one attached hydrogen (secondary N) is 2. The molecule has 0 radical (unpaired) electrons. The first-order valence-electron chi connectivity index (χ1n) is 9.80. The number of nitrogens with zero attached hydrogens (tertiary/aromatic N) is 4. The molecule has 5 rings (SSSR count). The van der Waals surface area contributed by atoms with Gasteiger partial charge in [0.25, 0.3) is 5.91 Å². The molecule has 8 nitrogen and oxygen atoms in total. The number of hydrogen-bond acceptors (Lipinski definition) is 7. The summed E-state index contributed by atoms with van der Waals surface area (Å²) in [6.07, 6.45) is 3.76. The number of imidazole rings is 1. The molecule has 1 aliphatic heterocycles. The van der Waals surface area contributed by atoms with Crippen molar-refractivity contribution < 1.29 is 4.79 Å². The van der Waals surface area contributed by atoms with Gasteiger partial charge in [0.15, 0.2) is 11.6 Å². The average molecular weight is 420 g/mol. The van der Waals surface area contributed by atoms with E-state index in [0.717, 1.165) is 48.0 Å². The van der Waals surface area contributed by atoms with Crippen LogP contribution in [0.3, 0.4) is 0 Å². The number of carbonyl (C=O) groups excluding carboxylic acids is 1. The molecule has 1 amide bonds. The molecular formula is C21H21N7OS. The number of aromatic nitrogens is 4. The first kappa shape index (κ1) is 18.6. The number of fused-ring (bicyclic) bond motifs is 2. The molecule has 0 unspecified atom stereocenters. The summed E-state index contributed by atoms with van der Waals surface area (Å²) in [6.45, 7) is 3.49. The van der Waals surface area contributed by atoms with Crippen LogP contribution in [0, 0.1) is 6.92 Å². The highest BCUT2D eigenvalue weighted by molar-refractivity contribution is 7.09. The number of nitrogens with two attached hydrogens (primary N) is 1. The molecule has 4 aromatic rings. The Hall–Kier alpha value is -3.46. The van der Waals surface area contributed by atoms with E-state index in [4.69, 9.17) is 15.7 Å². The lowest BCUT2D eigenvalue weighted by molar-refractivity contribution is 0.100. The zero-order valence-electron chi connectivity index (χ0n) is 16.5. The normalized spacial score (nSPS) is 13.1. The quantitative estimate of drug-likeness (QED) is 0.458. The molecule has 4 N–H and O–H groups in total. The molecule has 9 heteroatoms. The fourth-order valence-electron chi connectivity index (χ4n) is 3.80. The molecule has 0 saturated carbocycles. The van der Waals surface area contributed by atoms with Crippen LogP contribution in [-0.2, 0) is 13.0 Å². The van der Waals surface area contributed by atoms with Crippen molar-refractivity contribution >= 4 is 34.4 Å². The van der Waals surface area contributed by atoms with Gasteiger partial charge in [0, 0.05) is 17.6 Å². The van der Waals surface area contributed by atoms with Gasteiger partial charge in [-0.15, -0.1) is 11.3 Å². The summed E-state index contributed by atoms with van der Waals surface area (Å²) in [6, 6.07) is 7.60. The SMILES string of the molecule is Cc1nc2c(C(N)=O)cccn2c1-c1nc2c(c(NCc3cccs3)n1)NCCC2. The van der Waals surface area contributed by atoms with Crippen molar-refractivity contribution in [1.29, 1.82) is 0 Å². The van der Waals surface area contributed by atoms with Gasteiger partial charge >= 0.3 is 0 Å². The van der Waals surface area contributed by atoms with Crippen molar-refractivity contribution in [2.75, 3.05) is 17.2 Å². The summed E-state index contributed by atoms with van der Waals surface area (Å²) in [5.74, 6) is 0.854. The Morgan fingerprint density at radius 2 is 2.20 bits per heavy atom. The van der Waals surface area contributed by atoms with E-state index < -0.39 is 5.91 Å². The van der Waals surface area contributed by atoms with E-state index in [-0.39, 0.29) is 0 Å². The Kier molecular flexibility index (Phi) is 4.59. The highest BCUT2D eigenvalue weighted by atomic mass is 32.1. The first-order valence-corrected chi connectivity index (χ1v) is 10.7. The Balaban J connectivity index is 1.64. The standard InChI is InChI=1S/C21H21N7OS/c1-12-17(28-9-3-6-14(18(22)29)21(28)25-12)20-26-15-7-2-8-23-16(15)19(27-20)24-11-13-5-4-10-30-13/h3-6,9-10,23H,2,7-8,11H2,1H3,(H2,22,29)(H,24,26,27). The summed E-state index contributed by atoms with van der Waals surface area (Å²) in [5.41, 5.74) is 9.90. The molecular weight excluding hydrogens is 398 g/mol. The first-order chi connectivity index (χ1) is 14.6. The third-order valence-corrected chi connectivity index (χ3v) is 6.06. The van der Waals surface area contributed by atoms with E-state index >= 15 is 0 Å². The summed E-state index contributed by atoms with van der Waals surface area (Å²) in [4.78, 5) is 27.4. The molecule has 0 atom stereocenters. The topological polar surface area (TPSA) is 110 Å². The number of rotatable bonds is 5. The van der Waals surface area contributed by atoms with E-state index in [0.29, 0.717) is 23.6 Å². The molecule has 0 aliphatic carbocycles. The number of pyridine rings is 1. The third-order valence-electron chi connectivity index (χ3n) is 5.19. The predicted molar refractivity (Wildman–Crippen MR) is 118 cm³/mol. The van der Waals surface area contributed by atoms with E-state index in [1.54, 1.807) is 23.5 Å². The number of anilines is 2. The van der Waals surface area contributed by atoms with Crippen molar-refractivity contribution in [2.24, 2.45) is 5.73 Å². The number of amides is 1. The fourth-order valence-corrected chi connectivity index (χ4v) is 4.45. The lowest BCUT2D eigenvalue weighted by atomic mass is 10.1. The maximum absolute atomic E-state index is 11.8. The summed E-state index contributed by atoms with van der Waals surface area (Å²) < 4.78 is 1.84. The van der Waals surface area contributed by atoms with Crippen molar-refractivity contribution in [2.45, 2.75) is 26.3 Å². The van der Waals surface area contributed by atoms with Gasteiger partial charge in [0.05, 0.1) is 29.2 Å². The van der Waals surface area contributed by atoms with Gasteiger partial charge in [-0.25, -0.2) is 15.0 Å². The lowest BCUT2D eigenvalue weighted by Crippen LogP contribution is -2.18. The van der Waals surface area contributed by atoms with Gasteiger partial charge in [0.1, 0.15) is 11.3 Å². The molecule has 152 valence electrons. The van der Waals surface area contributed by atoms with E-state index in [2.05, 4.69) is 27.1 Å². The van der Waals surface area contributed by atoms with Crippen LogP contribution in [0.25, 0.3) is 17.2 Å².